The molecule has 1 heteroatoms. The van der Waals surface area contributed by atoms with Crippen LogP contribution in [0.2, 0.25) is 0 Å². The smallest absolute Gasteiger partial charge is 0.0745 e. The van der Waals surface area contributed by atoms with Crippen LogP contribution in [0.3, 0.4) is 0 Å². The van der Waals surface area contributed by atoms with Crippen molar-refractivity contribution in [1.82, 2.24) is 5.32 Å². The highest BCUT2D eigenvalue weighted by molar-refractivity contribution is 5.29. The van der Waals surface area contributed by atoms with Gasteiger partial charge in [0.25, 0.3) is 0 Å². The molecule has 1 nitrogen and oxygen atoms in total. The van der Waals surface area contributed by atoms with E-state index in [9.17, 15) is 0 Å². The monoisotopic (exact) mass is 243 g/mol. The van der Waals surface area contributed by atoms with E-state index in [1.165, 1.54) is 11.1 Å². The molecule has 0 heterocycles. The van der Waals surface area contributed by atoms with Crippen LogP contribution in [-0.4, -0.2) is 5.54 Å². The summed E-state index contributed by atoms with van der Waals surface area (Å²) >= 11 is 0. The van der Waals surface area contributed by atoms with Crippen LogP contribution >= 0.6 is 0 Å². The number of nitrogens with one attached hydrogen (secondary N) is 1. The molecule has 0 spiro atoms. The fraction of sp³-hybridized carbons (Fsp3) is 0.529. The zero-order chi connectivity index (χ0) is 14.0. The van der Waals surface area contributed by atoms with Gasteiger partial charge in [0.15, 0.2) is 0 Å². The van der Waals surface area contributed by atoms with Crippen LogP contribution in [0.4, 0.5) is 0 Å². The molecule has 1 rings (SSSR count). The summed E-state index contributed by atoms with van der Waals surface area (Å²) in [7, 11) is 0. The first-order valence-electron chi connectivity index (χ1n) is 6.51. The topological polar surface area (TPSA) is 12.0 Å². The molecule has 0 aliphatic rings. The molecular weight excluding hydrogens is 218 g/mol. The maximum absolute atomic E-state index is 5.50. The van der Waals surface area contributed by atoms with Gasteiger partial charge < -0.3 is 0 Å². The van der Waals surface area contributed by atoms with Gasteiger partial charge in [0, 0.05) is 6.04 Å². The van der Waals surface area contributed by atoms with Crippen LogP contribution in [0.15, 0.2) is 24.3 Å². The first-order valence-corrected chi connectivity index (χ1v) is 6.51. The van der Waals surface area contributed by atoms with E-state index in [4.69, 9.17) is 6.42 Å². The summed E-state index contributed by atoms with van der Waals surface area (Å²) in [5.41, 5.74) is 2.55. The molecule has 0 aliphatic carbocycles. The molecule has 0 saturated carbocycles. The Bertz CT molecular complexity index is 426. The van der Waals surface area contributed by atoms with Gasteiger partial charge in [-0.2, -0.15) is 0 Å². The molecule has 0 radical (unpaired) electrons. The van der Waals surface area contributed by atoms with Gasteiger partial charge in [0.05, 0.1) is 5.54 Å². The second-order valence-electron chi connectivity index (χ2n) is 6.51. The van der Waals surface area contributed by atoms with Crippen molar-refractivity contribution in [3.8, 4) is 12.3 Å². The fourth-order valence-corrected chi connectivity index (χ4v) is 1.94. The lowest BCUT2D eigenvalue weighted by atomic mass is 9.86. The van der Waals surface area contributed by atoms with Crippen molar-refractivity contribution in [2.45, 2.75) is 58.5 Å². The van der Waals surface area contributed by atoms with Crippen molar-refractivity contribution in [2.24, 2.45) is 0 Å². The number of terminal acetylenes is 1. The molecule has 18 heavy (non-hydrogen) atoms. The fourth-order valence-electron chi connectivity index (χ4n) is 1.94. The van der Waals surface area contributed by atoms with Gasteiger partial charge in [-0.3, -0.25) is 5.32 Å². The van der Waals surface area contributed by atoms with Crippen LogP contribution in [0, 0.1) is 12.3 Å². The molecule has 1 atom stereocenters. The Morgan fingerprint density at radius 1 is 1.06 bits per heavy atom. The average Bonchev–Trinajstić information content (AvgIpc) is 2.27. The van der Waals surface area contributed by atoms with Crippen LogP contribution in [0.5, 0.6) is 0 Å². The Hall–Kier alpha value is -1.26. The average molecular weight is 243 g/mol. The minimum Gasteiger partial charge on any atom is -0.295 e. The summed E-state index contributed by atoms with van der Waals surface area (Å²) in [6.07, 6.45) is 5.50. The Labute approximate surface area is 112 Å². The number of rotatable bonds is 3. The number of hydrogen-bond donors (Lipinski definition) is 1. The minimum atomic E-state index is -0.276. The molecule has 0 aromatic heterocycles. The summed E-state index contributed by atoms with van der Waals surface area (Å²) in [6.45, 7) is 12.9. The number of benzene rings is 1. The predicted octanol–water partition coefficient (Wildman–Crippen LogP) is 4.05. The normalized spacial score (nSPS) is 14.1. The molecule has 0 fully saturated rings. The van der Waals surface area contributed by atoms with Gasteiger partial charge in [-0.1, -0.05) is 51.0 Å². The van der Waals surface area contributed by atoms with Gasteiger partial charge in [0.1, 0.15) is 0 Å². The van der Waals surface area contributed by atoms with E-state index in [0.29, 0.717) is 0 Å². The van der Waals surface area contributed by atoms with E-state index >= 15 is 0 Å². The summed E-state index contributed by atoms with van der Waals surface area (Å²) in [5.74, 6) is 2.77. The Morgan fingerprint density at radius 2 is 1.56 bits per heavy atom. The van der Waals surface area contributed by atoms with Crippen molar-refractivity contribution in [1.29, 1.82) is 0 Å². The van der Waals surface area contributed by atoms with Crippen LogP contribution in [0.1, 0.15) is 58.7 Å². The summed E-state index contributed by atoms with van der Waals surface area (Å²) < 4.78 is 0. The van der Waals surface area contributed by atoms with Crippen LogP contribution < -0.4 is 5.32 Å². The van der Waals surface area contributed by atoms with Gasteiger partial charge in [-0.05, 0) is 37.3 Å². The lowest BCUT2D eigenvalue weighted by Crippen LogP contribution is -2.39. The zero-order valence-corrected chi connectivity index (χ0v) is 12.5. The van der Waals surface area contributed by atoms with E-state index in [0.717, 1.165) is 0 Å². The first kappa shape index (κ1) is 14.8. The summed E-state index contributed by atoms with van der Waals surface area (Å²) in [4.78, 5) is 0. The third-order valence-corrected chi connectivity index (χ3v) is 3.21. The lowest BCUT2D eigenvalue weighted by molar-refractivity contribution is 0.431. The molecule has 0 amide bonds. The van der Waals surface area contributed by atoms with E-state index < -0.39 is 0 Å². The standard InChI is InChI=1S/C17H25N/c1-8-17(6,7)18-13(2)14-9-11-15(12-10-14)16(3,4)5/h1,9-13,18H,2-7H3. The highest BCUT2D eigenvalue weighted by atomic mass is 15.0. The highest BCUT2D eigenvalue weighted by Crippen LogP contribution is 2.24. The van der Waals surface area contributed by atoms with Crippen molar-refractivity contribution < 1.29 is 0 Å². The maximum atomic E-state index is 5.50. The van der Waals surface area contributed by atoms with Crippen molar-refractivity contribution in [2.75, 3.05) is 0 Å². The Morgan fingerprint density at radius 3 is 1.94 bits per heavy atom. The van der Waals surface area contributed by atoms with Crippen molar-refractivity contribution in [3.05, 3.63) is 35.4 Å². The van der Waals surface area contributed by atoms with Gasteiger partial charge in [-0.15, -0.1) is 6.42 Å². The molecule has 0 bridgehead atoms. The second kappa shape index (κ2) is 5.16. The molecule has 1 unspecified atom stereocenters. The molecule has 1 aromatic carbocycles. The molecule has 0 aliphatic heterocycles. The number of hydrogen-bond acceptors (Lipinski definition) is 1. The molecule has 0 saturated heterocycles. The summed E-state index contributed by atoms with van der Waals surface area (Å²) in [5, 5.41) is 3.44. The van der Waals surface area contributed by atoms with Gasteiger partial charge in [0.2, 0.25) is 0 Å². The van der Waals surface area contributed by atoms with Crippen molar-refractivity contribution in [3.63, 3.8) is 0 Å². The van der Waals surface area contributed by atoms with Crippen LogP contribution in [0.25, 0.3) is 0 Å². The van der Waals surface area contributed by atoms with Crippen LogP contribution in [-0.2, 0) is 5.41 Å². The first-order chi connectivity index (χ1) is 8.15. The Kier molecular flexibility index (Phi) is 4.24. The van der Waals surface area contributed by atoms with Crippen molar-refractivity contribution >= 4 is 0 Å². The van der Waals surface area contributed by atoms with E-state index in [1.807, 2.05) is 13.8 Å². The van der Waals surface area contributed by atoms with E-state index in [1.54, 1.807) is 0 Å². The largest absolute Gasteiger partial charge is 0.295 e. The zero-order valence-electron chi connectivity index (χ0n) is 12.5. The minimum absolute atomic E-state index is 0.202. The van der Waals surface area contributed by atoms with Gasteiger partial charge in [-0.25, -0.2) is 0 Å². The molecular formula is C17H25N. The van der Waals surface area contributed by atoms with E-state index in [2.05, 4.69) is 63.2 Å². The maximum Gasteiger partial charge on any atom is 0.0745 e. The van der Waals surface area contributed by atoms with Gasteiger partial charge >= 0.3 is 0 Å². The highest BCUT2D eigenvalue weighted by Gasteiger charge is 2.18. The third kappa shape index (κ3) is 3.89. The predicted molar refractivity (Wildman–Crippen MR) is 79.6 cm³/mol. The molecule has 1 N–H and O–H groups in total. The molecule has 1 aromatic rings. The third-order valence-electron chi connectivity index (χ3n) is 3.21. The SMILES string of the molecule is C#CC(C)(C)NC(C)c1ccc(C(C)(C)C)cc1. The summed E-state index contributed by atoms with van der Waals surface area (Å²) in [6, 6.07) is 9.03. The lowest BCUT2D eigenvalue weighted by Gasteiger charge is -2.26. The van der Waals surface area contributed by atoms with E-state index in [-0.39, 0.29) is 17.0 Å². The quantitative estimate of drug-likeness (QED) is 0.790. The Balaban J connectivity index is 2.84. The molecule has 98 valence electrons. The second-order valence-corrected chi connectivity index (χ2v) is 6.51.